The Morgan fingerprint density at radius 3 is 2.94 bits per heavy atom. The third-order valence-corrected chi connectivity index (χ3v) is 3.84. The Morgan fingerprint density at radius 1 is 1.56 bits per heavy atom. The van der Waals surface area contributed by atoms with Gasteiger partial charge in [-0.05, 0) is 30.8 Å². The molecule has 0 unspecified atom stereocenters. The summed E-state index contributed by atoms with van der Waals surface area (Å²) in [6, 6.07) is 3.57. The summed E-state index contributed by atoms with van der Waals surface area (Å²) in [6.45, 7) is 1.68. The van der Waals surface area contributed by atoms with E-state index in [0.29, 0.717) is 15.1 Å². The first-order valence-corrected chi connectivity index (χ1v) is 5.96. The van der Waals surface area contributed by atoms with E-state index in [0.717, 1.165) is 11.3 Å². The molecule has 0 aliphatic carbocycles. The van der Waals surface area contributed by atoms with Gasteiger partial charge in [-0.3, -0.25) is 0 Å². The van der Waals surface area contributed by atoms with E-state index in [1.165, 1.54) is 11.8 Å². The molecule has 0 aromatic carbocycles. The predicted molar refractivity (Wildman–Crippen MR) is 60.0 cm³/mol. The second-order valence-electron chi connectivity index (χ2n) is 2.86. The van der Waals surface area contributed by atoms with Crippen molar-refractivity contribution in [3.8, 4) is 0 Å². The summed E-state index contributed by atoms with van der Waals surface area (Å²) in [5.41, 5.74) is 0.531. The lowest BCUT2D eigenvalue weighted by Crippen LogP contribution is -1.94. The van der Waals surface area contributed by atoms with E-state index in [2.05, 4.69) is 15.2 Å². The summed E-state index contributed by atoms with van der Waals surface area (Å²) >= 11 is 2.46. The number of aryl methyl sites for hydroxylation is 1. The summed E-state index contributed by atoms with van der Waals surface area (Å²) in [7, 11) is 0. The second-order valence-corrected chi connectivity index (χ2v) is 5.13. The van der Waals surface area contributed by atoms with Gasteiger partial charge in [0, 0.05) is 6.20 Å². The molecule has 0 radical (unpaired) electrons. The fourth-order valence-corrected chi connectivity index (χ4v) is 2.95. The highest BCUT2D eigenvalue weighted by Gasteiger charge is 2.14. The van der Waals surface area contributed by atoms with Crippen LogP contribution < -0.4 is 0 Å². The summed E-state index contributed by atoms with van der Waals surface area (Å²) in [5, 5.41) is 17.2. The highest BCUT2D eigenvalue weighted by atomic mass is 32.2. The van der Waals surface area contributed by atoms with Gasteiger partial charge >= 0.3 is 5.97 Å². The Morgan fingerprint density at radius 2 is 2.38 bits per heavy atom. The lowest BCUT2D eigenvalue weighted by molar-refractivity contribution is 0.0701. The molecule has 0 fully saturated rings. The highest BCUT2D eigenvalue weighted by molar-refractivity contribution is 8.01. The molecule has 82 valence electrons. The molecule has 0 atom stereocenters. The van der Waals surface area contributed by atoms with E-state index in [-0.39, 0.29) is 4.88 Å². The Kier molecular flexibility index (Phi) is 3.16. The fraction of sp³-hybridized carbons (Fsp3) is 0.111. The van der Waals surface area contributed by atoms with Crippen molar-refractivity contribution in [2.45, 2.75) is 16.3 Å². The Balaban J connectivity index is 2.23. The van der Waals surface area contributed by atoms with Crippen LogP contribution in [-0.4, -0.2) is 26.3 Å². The molecule has 0 aliphatic rings. The van der Waals surface area contributed by atoms with Crippen molar-refractivity contribution in [3.05, 3.63) is 28.9 Å². The van der Waals surface area contributed by atoms with Crippen molar-refractivity contribution in [2.24, 2.45) is 0 Å². The monoisotopic (exact) mass is 253 g/mol. The van der Waals surface area contributed by atoms with Crippen molar-refractivity contribution in [1.82, 2.24) is 15.2 Å². The fourth-order valence-electron chi connectivity index (χ4n) is 1.05. The lowest BCUT2D eigenvalue weighted by atomic mass is 10.4. The van der Waals surface area contributed by atoms with Gasteiger partial charge in [0.1, 0.15) is 9.90 Å². The summed E-state index contributed by atoms with van der Waals surface area (Å²) in [5.74, 6) is -0.944. The first kappa shape index (κ1) is 11.0. The van der Waals surface area contributed by atoms with Gasteiger partial charge in [-0.15, -0.1) is 5.10 Å². The molecule has 0 bridgehead atoms. The summed E-state index contributed by atoms with van der Waals surface area (Å²) in [6.07, 6.45) is 1.58. The van der Waals surface area contributed by atoms with Crippen molar-refractivity contribution in [1.29, 1.82) is 0 Å². The van der Waals surface area contributed by atoms with E-state index in [1.807, 2.05) is 0 Å². The first-order chi connectivity index (χ1) is 7.66. The minimum atomic E-state index is -0.944. The number of aromatic carboxylic acids is 1. The van der Waals surface area contributed by atoms with E-state index >= 15 is 0 Å². The van der Waals surface area contributed by atoms with Crippen molar-refractivity contribution < 1.29 is 9.90 Å². The van der Waals surface area contributed by atoms with Gasteiger partial charge in [0.15, 0.2) is 4.34 Å². The maximum absolute atomic E-state index is 10.8. The molecule has 0 saturated carbocycles. The second kappa shape index (κ2) is 4.58. The third-order valence-electron chi connectivity index (χ3n) is 1.71. The van der Waals surface area contributed by atoms with Crippen LogP contribution in [0.1, 0.15) is 15.4 Å². The molecule has 5 nitrogen and oxygen atoms in total. The van der Waals surface area contributed by atoms with Crippen LogP contribution in [0.25, 0.3) is 0 Å². The molecule has 0 spiro atoms. The van der Waals surface area contributed by atoms with Crippen molar-refractivity contribution in [3.63, 3.8) is 0 Å². The molecule has 2 rings (SSSR count). The molecular weight excluding hydrogens is 246 g/mol. The number of hydrogen-bond donors (Lipinski definition) is 1. The lowest BCUT2D eigenvalue weighted by Gasteiger charge is -1.92. The molecule has 7 heteroatoms. The van der Waals surface area contributed by atoms with Gasteiger partial charge in [0.2, 0.25) is 0 Å². The van der Waals surface area contributed by atoms with Crippen LogP contribution >= 0.6 is 23.1 Å². The molecule has 2 aromatic rings. The van der Waals surface area contributed by atoms with Gasteiger partial charge in [0.25, 0.3) is 0 Å². The number of thiazole rings is 1. The minimum absolute atomic E-state index is 0.270. The largest absolute Gasteiger partial charge is 0.477 e. The molecule has 0 amide bonds. The summed E-state index contributed by atoms with van der Waals surface area (Å²) < 4.78 is 0.662. The summed E-state index contributed by atoms with van der Waals surface area (Å²) in [4.78, 5) is 15.3. The van der Waals surface area contributed by atoms with E-state index in [1.54, 1.807) is 25.3 Å². The predicted octanol–water partition coefficient (Wildman–Crippen LogP) is 2.09. The Bertz CT molecular complexity index is 513. The van der Waals surface area contributed by atoms with Crippen LogP contribution in [0.2, 0.25) is 0 Å². The highest BCUT2D eigenvalue weighted by Crippen LogP contribution is 2.31. The zero-order chi connectivity index (χ0) is 11.5. The quantitative estimate of drug-likeness (QED) is 0.902. The average Bonchev–Trinajstić information content (AvgIpc) is 2.61. The van der Waals surface area contributed by atoms with Crippen LogP contribution in [0.5, 0.6) is 0 Å². The number of rotatable bonds is 3. The van der Waals surface area contributed by atoms with Crippen molar-refractivity contribution in [2.75, 3.05) is 0 Å². The molecule has 1 N–H and O–H groups in total. The van der Waals surface area contributed by atoms with Gasteiger partial charge in [0.05, 0.1) is 5.69 Å². The van der Waals surface area contributed by atoms with Gasteiger partial charge in [-0.2, -0.15) is 5.10 Å². The van der Waals surface area contributed by atoms with Gasteiger partial charge in [-0.1, -0.05) is 11.3 Å². The van der Waals surface area contributed by atoms with Crippen LogP contribution in [0.3, 0.4) is 0 Å². The molecular formula is C9H7N3O2S2. The average molecular weight is 253 g/mol. The third kappa shape index (κ3) is 2.37. The standard InChI is InChI=1S/C9H7N3O2S2/c1-5-7(8(13)14)16-9(11-5)15-6-3-2-4-10-12-6/h2-4H,1H3,(H,13,14). The molecule has 2 heterocycles. The van der Waals surface area contributed by atoms with E-state index in [4.69, 9.17) is 5.11 Å². The van der Waals surface area contributed by atoms with E-state index in [9.17, 15) is 4.79 Å². The molecule has 0 aliphatic heterocycles. The van der Waals surface area contributed by atoms with Gasteiger partial charge < -0.3 is 5.11 Å². The van der Waals surface area contributed by atoms with Crippen molar-refractivity contribution >= 4 is 29.1 Å². The number of aromatic nitrogens is 3. The van der Waals surface area contributed by atoms with Crippen LogP contribution in [0, 0.1) is 6.92 Å². The Hall–Kier alpha value is -1.47. The normalized spacial score (nSPS) is 10.3. The molecule has 2 aromatic heterocycles. The number of carbonyl (C=O) groups is 1. The molecule has 16 heavy (non-hydrogen) atoms. The van der Waals surface area contributed by atoms with Gasteiger partial charge in [-0.25, -0.2) is 9.78 Å². The zero-order valence-corrected chi connectivity index (χ0v) is 9.88. The number of carboxylic acid groups (broad SMARTS) is 1. The number of hydrogen-bond acceptors (Lipinski definition) is 6. The number of nitrogens with zero attached hydrogens (tertiary/aromatic N) is 3. The zero-order valence-electron chi connectivity index (χ0n) is 8.25. The maximum Gasteiger partial charge on any atom is 0.347 e. The number of carboxylic acids is 1. The van der Waals surface area contributed by atoms with Crippen LogP contribution in [0.4, 0.5) is 0 Å². The van der Waals surface area contributed by atoms with E-state index < -0.39 is 5.97 Å². The Labute approximate surface area is 99.6 Å². The smallest absolute Gasteiger partial charge is 0.347 e. The first-order valence-electron chi connectivity index (χ1n) is 4.33. The van der Waals surface area contributed by atoms with Crippen LogP contribution in [-0.2, 0) is 0 Å². The molecule has 0 saturated heterocycles. The SMILES string of the molecule is Cc1nc(Sc2cccnn2)sc1C(=O)O. The maximum atomic E-state index is 10.8. The topological polar surface area (TPSA) is 76.0 Å². The minimum Gasteiger partial charge on any atom is -0.477 e. The van der Waals surface area contributed by atoms with Crippen LogP contribution in [0.15, 0.2) is 27.7 Å².